The van der Waals surface area contributed by atoms with Gasteiger partial charge in [-0.1, -0.05) is 29.3 Å². The van der Waals surface area contributed by atoms with Crippen LogP contribution in [0.25, 0.3) is 0 Å². The minimum Gasteiger partial charge on any atom is -0.467 e. The second-order valence-corrected chi connectivity index (χ2v) is 3.90. The zero-order chi connectivity index (χ0) is 11.4. The molecule has 0 saturated carbocycles. The van der Waals surface area contributed by atoms with Crippen molar-refractivity contribution in [3.8, 4) is 0 Å². The second-order valence-electron chi connectivity index (χ2n) is 3.16. The molecule has 0 aromatic carbocycles. The number of hydrogen-bond acceptors (Lipinski definition) is 3. The predicted octanol–water partition coefficient (Wildman–Crippen LogP) is 3.70. The Balaban J connectivity index is 1.90. The lowest BCUT2D eigenvalue weighted by molar-refractivity contribution is 0.0928. The largest absolute Gasteiger partial charge is 0.467 e. The van der Waals surface area contributed by atoms with Gasteiger partial charge in [-0.15, -0.1) is 0 Å². The van der Waals surface area contributed by atoms with E-state index < -0.39 is 0 Å². The number of hydrogen-bond donors (Lipinski definition) is 0. The monoisotopic (exact) mass is 257 g/mol. The highest BCUT2D eigenvalue weighted by molar-refractivity contribution is 6.32. The average molecular weight is 258 g/mol. The molecule has 2 aromatic heterocycles. The van der Waals surface area contributed by atoms with Crippen LogP contribution < -0.4 is 0 Å². The van der Waals surface area contributed by atoms with Crippen molar-refractivity contribution in [3.05, 3.63) is 52.2 Å². The first-order chi connectivity index (χ1) is 7.75. The molecule has 0 aliphatic rings. The van der Waals surface area contributed by atoms with E-state index in [9.17, 15) is 0 Å². The van der Waals surface area contributed by atoms with Crippen LogP contribution in [-0.4, -0.2) is 4.98 Å². The van der Waals surface area contributed by atoms with Crippen molar-refractivity contribution in [1.29, 1.82) is 0 Å². The average Bonchev–Trinajstić information content (AvgIpc) is 2.74. The van der Waals surface area contributed by atoms with Gasteiger partial charge in [-0.2, -0.15) is 0 Å². The summed E-state index contributed by atoms with van der Waals surface area (Å²) in [4.78, 5) is 3.92. The number of pyridine rings is 1. The van der Waals surface area contributed by atoms with Crippen LogP contribution in [-0.2, 0) is 18.0 Å². The maximum absolute atomic E-state index is 5.89. The molecule has 0 amide bonds. The zero-order valence-corrected chi connectivity index (χ0v) is 9.83. The highest BCUT2D eigenvalue weighted by atomic mass is 35.5. The SMILES string of the molecule is Clc1ccc(COCc2ccco2)c(Cl)n1. The Labute approximate surface area is 103 Å². The minimum absolute atomic E-state index is 0.368. The molecule has 2 heterocycles. The summed E-state index contributed by atoms with van der Waals surface area (Å²) < 4.78 is 10.5. The van der Waals surface area contributed by atoms with Crippen LogP contribution in [0.1, 0.15) is 11.3 Å². The Morgan fingerprint density at radius 2 is 2.06 bits per heavy atom. The van der Waals surface area contributed by atoms with Gasteiger partial charge in [-0.25, -0.2) is 4.98 Å². The topological polar surface area (TPSA) is 35.3 Å². The summed E-state index contributed by atoms with van der Waals surface area (Å²) in [5.74, 6) is 0.776. The smallest absolute Gasteiger partial charge is 0.136 e. The molecule has 0 saturated heterocycles. The van der Waals surface area contributed by atoms with E-state index in [1.54, 1.807) is 18.4 Å². The standard InChI is InChI=1S/C11H9Cl2NO2/c12-10-4-3-8(11(13)14-10)6-15-7-9-2-1-5-16-9/h1-5H,6-7H2. The third-order valence-corrected chi connectivity index (χ3v) is 2.51. The number of aromatic nitrogens is 1. The van der Waals surface area contributed by atoms with Crippen molar-refractivity contribution in [2.24, 2.45) is 0 Å². The van der Waals surface area contributed by atoms with Crippen molar-refractivity contribution in [3.63, 3.8) is 0 Å². The summed E-state index contributed by atoms with van der Waals surface area (Å²) in [6.45, 7) is 0.787. The molecular weight excluding hydrogens is 249 g/mol. The van der Waals surface area contributed by atoms with Crippen molar-refractivity contribution >= 4 is 23.2 Å². The lowest BCUT2D eigenvalue weighted by Crippen LogP contribution is -1.95. The highest BCUT2D eigenvalue weighted by Gasteiger charge is 2.03. The lowest BCUT2D eigenvalue weighted by atomic mass is 10.3. The maximum Gasteiger partial charge on any atom is 0.136 e. The first kappa shape index (κ1) is 11.5. The van der Waals surface area contributed by atoms with Gasteiger partial charge in [0.2, 0.25) is 0 Å². The molecule has 2 rings (SSSR count). The quantitative estimate of drug-likeness (QED) is 0.784. The first-order valence-electron chi connectivity index (χ1n) is 4.67. The Morgan fingerprint density at radius 1 is 1.19 bits per heavy atom. The van der Waals surface area contributed by atoms with E-state index in [4.69, 9.17) is 32.4 Å². The van der Waals surface area contributed by atoms with Crippen LogP contribution >= 0.6 is 23.2 Å². The molecule has 0 aliphatic heterocycles. The van der Waals surface area contributed by atoms with E-state index in [2.05, 4.69) is 4.98 Å². The fourth-order valence-electron chi connectivity index (χ4n) is 1.20. The molecule has 3 nitrogen and oxygen atoms in total. The molecule has 0 spiro atoms. The van der Waals surface area contributed by atoms with E-state index in [0.717, 1.165) is 11.3 Å². The fraction of sp³-hybridized carbons (Fsp3) is 0.182. The van der Waals surface area contributed by atoms with Crippen LogP contribution in [0.15, 0.2) is 34.9 Å². The van der Waals surface area contributed by atoms with Crippen LogP contribution in [0.2, 0.25) is 10.3 Å². The van der Waals surface area contributed by atoms with Crippen LogP contribution in [0.4, 0.5) is 0 Å². The Kier molecular flexibility index (Phi) is 3.83. The molecule has 5 heteroatoms. The van der Waals surface area contributed by atoms with Gasteiger partial charge in [0.15, 0.2) is 0 Å². The molecule has 0 atom stereocenters. The van der Waals surface area contributed by atoms with Gasteiger partial charge in [0.05, 0.1) is 12.9 Å². The van der Waals surface area contributed by atoms with Gasteiger partial charge in [0.25, 0.3) is 0 Å². The Hall–Kier alpha value is -1.03. The highest BCUT2D eigenvalue weighted by Crippen LogP contribution is 2.17. The number of halogens is 2. The van der Waals surface area contributed by atoms with Crippen LogP contribution in [0.5, 0.6) is 0 Å². The molecule has 16 heavy (non-hydrogen) atoms. The summed E-state index contributed by atoms with van der Waals surface area (Å²) in [6.07, 6.45) is 1.61. The molecular formula is C11H9Cl2NO2. The molecule has 0 bridgehead atoms. The van der Waals surface area contributed by atoms with Gasteiger partial charge in [-0.05, 0) is 18.2 Å². The van der Waals surface area contributed by atoms with Gasteiger partial charge in [0, 0.05) is 5.56 Å². The van der Waals surface area contributed by atoms with E-state index in [1.807, 2.05) is 12.1 Å². The van der Waals surface area contributed by atoms with Gasteiger partial charge < -0.3 is 9.15 Å². The Bertz CT molecular complexity index is 457. The first-order valence-corrected chi connectivity index (χ1v) is 5.42. The molecule has 2 aromatic rings. The van der Waals surface area contributed by atoms with Crippen molar-refractivity contribution in [1.82, 2.24) is 4.98 Å². The number of furan rings is 1. The summed E-state index contributed by atoms with van der Waals surface area (Å²) in [7, 11) is 0. The predicted molar refractivity (Wildman–Crippen MR) is 61.5 cm³/mol. The van der Waals surface area contributed by atoms with E-state index in [-0.39, 0.29) is 0 Å². The van der Waals surface area contributed by atoms with Crippen LogP contribution in [0.3, 0.4) is 0 Å². The van der Waals surface area contributed by atoms with E-state index in [0.29, 0.717) is 23.5 Å². The number of nitrogens with zero attached hydrogens (tertiary/aromatic N) is 1. The van der Waals surface area contributed by atoms with E-state index >= 15 is 0 Å². The third kappa shape index (κ3) is 2.98. The molecule has 84 valence electrons. The summed E-state index contributed by atoms with van der Waals surface area (Å²) in [6, 6.07) is 7.13. The zero-order valence-electron chi connectivity index (χ0n) is 8.32. The summed E-state index contributed by atoms with van der Waals surface area (Å²) >= 11 is 11.6. The van der Waals surface area contributed by atoms with Gasteiger partial charge in [-0.3, -0.25) is 0 Å². The summed E-state index contributed by atoms with van der Waals surface area (Å²) in [5, 5.41) is 0.742. The molecule has 0 radical (unpaired) electrons. The molecule has 0 N–H and O–H groups in total. The van der Waals surface area contributed by atoms with Crippen molar-refractivity contribution in [2.45, 2.75) is 13.2 Å². The lowest BCUT2D eigenvalue weighted by Gasteiger charge is -2.04. The molecule has 0 unspecified atom stereocenters. The van der Waals surface area contributed by atoms with Crippen molar-refractivity contribution < 1.29 is 9.15 Å². The van der Waals surface area contributed by atoms with Crippen LogP contribution in [0, 0.1) is 0 Å². The summed E-state index contributed by atoms with van der Waals surface area (Å²) in [5.41, 5.74) is 0.803. The minimum atomic E-state index is 0.368. The molecule has 0 aliphatic carbocycles. The maximum atomic E-state index is 5.89. The van der Waals surface area contributed by atoms with E-state index in [1.165, 1.54) is 0 Å². The molecule has 0 fully saturated rings. The Morgan fingerprint density at radius 3 is 2.75 bits per heavy atom. The number of ether oxygens (including phenoxy) is 1. The second kappa shape index (κ2) is 5.34. The third-order valence-electron chi connectivity index (χ3n) is 1.97. The normalized spacial score (nSPS) is 10.6. The van der Waals surface area contributed by atoms with Gasteiger partial charge in [0.1, 0.15) is 22.7 Å². The van der Waals surface area contributed by atoms with Gasteiger partial charge >= 0.3 is 0 Å². The number of rotatable bonds is 4. The van der Waals surface area contributed by atoms with Crippen molar-refractivity contribution in [2.75, 3.05) is 0 Å². The fourth-order valence-corrected chi connectivity index (χ4v) is 1.60.